The molecule has 118 valence electrons. The third-order valence-corrected chi connectivity index (χ3v) is 5.41. The largest absolute Gasteiger partial charge is 0.330 e. The maximum Gasteiger partial charge on any atom is 0.244 e. The van der Waals surface area contributed by atoms with Gasteiger partial charge in [0.05, 0.1) is 6.20 Å². The van der Waals surface area contributed by atoms with Crippen LogP contribution >= 0.6 is 0 Å². The van der Waals surface area contributed by atoms with Crippen molar-refractivity contribution >= 4 is 10.0 Å². The molecule has 0 atom stereocenters. The Labute approximate surface area is 124 Å². The first-order valence-electron chi connectivity index (χ1n) is 7.07. The van der Waals surface area contributed by atoms with E-state index < -0.39 is 15.8 Å². The predicted octanol–water partition coefficient (Wildman–Crippen LogP) is 0.266. The van der Waals surface area contributed by atoms with Gasteiger partial charge in [0.15, 0.2) is 0 Å². The van der Waals surface area contributed by atoms with E-state index in [1.807, 2.05) is 0 Å². The molecule has 0 unspecified atom stereocenters. The van der Waals surface area contributed by atoms with Crippen molar-refractivity contribution in [2.75, 3.05) is 39.3 Å². The molecular weight excluding hydrogens is 295 g/mol. The van der Waals surface area contributed by atoms with Crippen LogP contribution in [-0.4, -0.2) is 61.9 Å². The molecule has 0 aromatic carbocycles. The molecule has 2 heterocycles. The number of aromatic nitrogens is 1. The van der Waals surface area contributed by atoms with Gasteiger partial charge < -0.3 is 10.6 Å². The molecule has 1 aliphatic rings. The van der Waals surface area contributed by atoms with Crippen molar-refractivity contribution in [1.82, 2.24) is 14.2 Å². The van der Waals surface area contributed by atoms with E-state index >= 15 is 0 Å². The highest BCUT2D eigenvalue weighted by atomic mass is 32.2. The van der Waals surface area contributed by atoms with Crippen molar-refractivity contribution in [3.8, 4) is 0 Å². The lowest BCUT2D eigenvalue weighted by Crippen LogP contribution is -2.35. The standard InChI is InChI=1S/C13H21FN4O2S/c14-12-9-13(11-16-10-12)21(19,20)18-6-2-5-17(7-8-18)4-1-3-15/h9-11H,1-8,15H2. The molecule has 1 fully saturated rings. The van der Waals surface area contributed by atoms with E-state index in [0.29, 0.717) is 26.2 Å². The van der Waals surface area contributed by atoms with Gasteiger partial charge in [0.2, 0.25) is 10.0 Å². The molecule has 0 radical (unpaired) electrons. The Morgan fingerprint density at radius 3 is 2.76 bits per heavy atom. The summed E-state index contributed by atoms with van der Waals surface area (Å²) in [5, 5.41) is 0. The smallest absolute Gasteiger partial charge is 0.244 e. The van der Waals surface area contributed by atoms with Crippen LogP contribution in [0.5, 0.6) is 0 Å². The quantitative estimate of drug-likeness (QED) is 0.843. The summed E-state index contributed by atoms with van der Waals surface area (Å²) in [4.78, 5) is 5.75. The Hall–Kier alpha value is -1.09. The summed E-state index contributed by atoms with van der Waals surface area (Å²) in [5.41, 5.74) is 5.50. The first kappa shape index (κ1) is 16.3. The van der Waals surface area contributed by atoms with Crippen LogP contribution in [0.1, 0.15) is 12.8 Å². The average Bonchev–Trinajstić information content (AvgIpc) is 2.71. The molecule has 0 saturated carbocycles. The minimum atomic E-state index is -3.67. The zero-order valence-electron chi connectivity index (χ0n) is 11.9. The number of rotatable bonds is 5. The highest BCUT2D eigenvalue weighted by Crippen LogP contribution is 2.17. The van der Waals surface area contributed by atoms with E-state index in [2.05, 4.69) is 9.88 Å². The van der Waals surface area contributed by atoms with Crippen LogP contribution in [0.2, 0.25) is 0 Å². The van der Waals surface area contributed by atoms with Crippen LogP contribution in [0.15, 0.2) is 23.4 Å². The van der Waals surface area contributed by atoms with Gasteiger partial charge in [-0.2, -0.15) is 4.31 Å². The van der Waals surface area contributed by atoms with E-state index in [1.165, 1.54) is 10.5 Å². The highest BCUT2D eigenvalue weighted by Gasteiger charge is 2.27. The maximum atomic E-state index is 13.2. The first-order valence-corrected chi connectivity index (χ1v) is 8.51. The van der Waals surface area contributed by atoms with Gasteiger partial charge in [0.1, 0.15) is 10.7 Å². The summed E-state index contributed by atoms with van der Waals surface area (Å²) in [7, 11) is -3.67. The fourth-order valence-corrected chi connectivity index (χ4v) is 3.85. The second kappa shape index (κ2) is 7.26. The van der Waals surface area contributed by atoms with Gasteiger partial charge in [-0.05, 0) is 38.5 Å². The van der Waals surface area contributed by atoms with E-state index in [-0.39, 0.29) is 4.90 Å². The van der Waals surface area contributed by atoms with E-state index in [4.69, 9.17) is 5.73 Å². The molecule has 1 saturated heterocycles. The van der Waals surface area contributed by atoms with Crippen LogP contribution in [0, 0.1) is 5.82 Å². The maximum absolute atomic E-state index is 13.2. The lowest BCUT2D eigenvalue weighted by atomic mass is 10.3. The fraction of sp³-hybridized carbons (Fsp3) is 0.615. The molecule has 2 N–H and O–H groups in total. The summed E-state index contributed by atoms with van der Waals surface area (Å²) in [6, 6.07) is 1.01. The van der Waals surface area contributed by atoms with Crippen LogP contribution in [0.3, 0.4) is 0 Å². The number of sulfonamides is 1. The van der Waals surface area contributed by atoms with Gasteiger partial charge in [-0.15, -0.1) is 0 Å². The van der Waals surface area contributed by atoms with E-state index in [1.54, 1.807) is 0 Å². The average molecular weight is 316 g/mol. The summed E-state index contributed by atoms with van der Waals surface area (Å²) in [6.45, 7) is 3.89. The van der Waals surface area contributed by atoms with Crippen LogP contribution in [0.4, 0.5) is 4.39 Å². The second-order valence-corrected chi connectivity index (χ2v) is 7.02. The van der Waals surface area contributed by atoms with Crippen molar-refractivity contribution in [2.45, 2.75) is 17.7 Å². The Balaban J connectivity index is 2.07. The zero-order chi connectivity index (χ0) is 15.3. The number of hydrogen-bond donors (Lipinski definition) is 1. The predicted molar refractivity (Wildman–Crippen MR) is 77.7 cm³/mol. The minimum absolute atomic E-state index is 0.0853. The number of nitrogens with two attached hydrogens (primary N) is 1. The molecule has 0 bridgehead atoms. The van der Waals surface area contributed by atoms with Crippen molar-refractivity contribution in [1.29, 1.82) is 0 Å². The number of pyridine rings is 1. The third-order valence-electron chi connectivity index (χ3n) is 3.54. The van der Waals surface area contributed by atoms with Crippen molar-refractivity contribution in [2.24, 2.45) is 5.73 Å². The second-order valence-electron chi connectivity index (χ2n) is 5.08. The minimum Gasteiger partial charge on any atom is -0.330 e. The van der Waals surface area contributed by atoms with Crippen molar-refractivity contribution in [3.63, 3.8) is 0 Å². The normalized spacial score (nSPS) is 18.6. The fourth-order valence-electron chi connectivity index (χ4n) is 2.41. The highest BCUT2D eigenvalue weighted by molar-refractivity contribution is 7.89. The van der Waals surface area contributed by atoms with Gasteiger partial charge >= 0.3 is 0 Å². The van der Waals surface area contributed by atoms with Gasteiger partial charge in [-0.3, -0.25) is 4.98 Å². The Morgan fingerprint density at radius 1 is 1.24 bits per heavy atom. The molecule has 0 spiro atoms. The van der Waals surface area contributed by atoms with Crippen LogP contribution in [0.25, 0.3) is 0 Å². The lowest BCUT2D eigenvalue weighted by Gasteiger charge is -2.21. The molecule has 6 nitrogen and oxygen atoms in total. The monoisotopic (exact) mass is 316 g/mol. The molecule has 0 amide bonds. The topological polar surface area (TPSA) is 79.5 Å². The summed E-state index contributed by atoms with van der Waals surface area (Å²) in [6.07, 6.45) is 3.85. The number of nitrogens with zero attached hydrogens (tertiary/aromatic N) is 3. The molecule has 8 heteroatoms. The van der Waals surface area contributed by atoms with Crippen molar-refractivity contribution in [3.05, 3.63) is 24.3 Å². The first-order chi connectivity index (χ1) is 10.0. The Morgan fingerprint density at radius 2 is 2.05 bits per heavy atom. The molecule has 1 aliphatic heterocycles. The summed E-state index contributed by atoms with van der Waals surface area (Å²) in [5.74, 6) is -0.643. The molecule has 1 aromatic rings. The SMILES string of the molecule is NCCCN1CCCN(S(=O)(=O)c2cncc(F)c2)CC1. The molecule has 21 heavy (non-hydrogen) atoms. The number of hydrogen-bond acceptors (Lipinski definition) is 5. The van der Waals surface area contributed by atoms with Crippen LogP contribution in [-0.2, 0) is 10.0 Å². The van der Waals surface area contributed by atoms with Crippen LogP contribution < -0.4 is 5.73 Å². The summed E-state index contributed by atoms with van der Waals surface area (Å²) >= 11 is 0. The number of halogens is 1. The lowest BCUT2D eigenvalue weighted by molar-refractivity contribution is 0.284. The van der Waals surface area contributed by atoms with Gasteiger partial charge in [0, 0.05) is 25.8 Å². The molecule has 2 rings (SSSR count). The van der Waals surface area contributed by atoms with Crippen molar-refractivity contribution < 1.29 is 12.8 Å². The molecular formula is C13H21FN4O2S. The zero-order valence-corrected chi connectivity index (χ0v) is 12.7. The van der Waals surface area contributed by atoms with Gasteiger partial charge in [-0.1, -0.05) is 0 Å². The molecule has 0 aliphatic carbocycles. The Kier molecular flexibility index (Phi) is 5.63. The molecule has 1 aromatic heterocycles. The Bertz CT molecular complexity index is 567. The summed E-state index contributed by atoms with van der Waals surface area (Å²) < 4.78 is 39.6. The van der Waals surface area contributed by atoms with E-state index in [0.717, 1.165) is 38.2 Å². The van der Waals surface area contributed by atoms with Gasteiger partial charge in [-0.25, -0.2) is 12.8 Å². The van der Waals surface area contributed by atoms with Gasteiger partial charge in [0.25, 0.3) is 0 Å². The van der Waals surface area contributed by atoms with E-state index in [9.17, 15) is 12.8 Å². The third kappa shape index (κ3) is 4.19.